The van der Waals surface area contributed by atoms with E-state index in [0.29, 0.717) is 18.4 Å². The Morgan fingerprint density at radius 3 is 2.59 bits per heavy atom. The lowest BCUT2D eigenvalue weighted by Crippen LogP contribution is -2.46. The van der Waals surface area contributed by atoms with E-state index in [1.165, 1.54) is 11.1 Å². The van der Waals surface area contributed by atoms with Crippen LogP contribution in [0.15, 0.2) is 73.1 Å². The van der Waals surface area contributed by atoms with Crippen LogP contribution in [-0.2, 0) is 12.8 Å². The summed E-state index contributed by atoms with van der Waals surface area (Å²) in [6.07, 6.45) is 5.53. The second-order valence-corrected chi connectivity index (χ2v) is 7.17. The van der Waals surface area contributed by atoms with Crippen LogP contribution in [0.1, 0.15) is 27.9 Å². The minimum Gasteiger partial charge on any atom is -0.388 e. The number of aryl methyl sites for hydroxylation is 1. The number of benzene rings is 2. The van der Waals surface area contributed by atoms with Gasteiger partial charge in [0.05, 0.1) is 5.60 Å². The van der Waals surface area contributed by atoms with Gasteiger partial charge in [0.15, 0.2) is 0 Å². The van der Waals surface area contributed by atoms with E-state index in [9.17, 15) is 9.90 Å². The number of fused-ring (bicyclic) bond motifs is 1. The number of hydrogen-bond donors (Lipinski definition) is 2. The third-order valence-electron chi connectivity index (χ3n) is 5.21. The van der Waals surface area contributed by atoms with E-state index in [4.69, 9.17) is 0 Å². The fraction of sp³-hybridized carbons (Fsp3) is 0.217. The minimum atomic E-state index is -0.896. The summed E-state index contributed by atoms with van der Waals surface area (Å²) >= 11 is 0. The molecule has 1 unspecified atom stereocenters. The zero-order chi connectivity index (χ0) is 18.7. The van der Waals surface area contributed by atoms with Crippen LogP contribution in [0.2, 0.25) is 0 Å². The molecule has 0 bridgehead atoms. The van der Waals surface area contributed by atoms with E-state index in [0.717, 1.165) is 17.5 Å². The molecule has 27 heavy (non-hydrogen) atoms. The van der Waals surface area contributed by atoms with E-state index >= 15 is 0 Å². The lowest BCUT2D eigenvalue weighted by Gasteiger charge is -2.33. The Bertz CT molecular complexity index is 955. The van der Waals surface area contributed by atoms with Crippen LogP contribution in [0.5, 0.6) is 0 Å². The van der Waals surface area contributed by atoms with Crippen molar-refractivity contribution in [1.29, 1.82) is 0 Å². The van der Waals surface area contributed by atoms with E-state index in [1.54, 1.807) is 18.5 Å². The van der Waals surface area contributed by atoms with Crippen molar-refractivity contribution < 1.29 is 9.90 Å². The normalized spacial score (nSPS) is 18.6. The van der Waals surface area contributed by atoms with Gasteiger partial charge in [-0.3, -0.25) is 9.78 Å². The Hall–Kier alpha value is -2.98. The SMILES string of the molecule is O=C(NCC1(O)CCc2ccccc2C1)c1cccc(-c2ccncc2)c1. The van der Waals surface area contributed by atoms with Gasteiger partial charge in [-0.2, -0.15) is 0 Å². The molecule has 2 aromatic carbocycles. The summed E-state index contributed by atoms with van der Waals surface area (Å²) in [5.41, 5.74) is 4.13. The van der Waals surface area contributed by atoms with Crippen LogP contribution in [0, 0.1) is 0 Å². The third kappa shape index (κ3) is 3.91. The number of aliphatic hydroxyl groups is 1. The maximum atomic E-state index is 12.6. The van der Waals surface area contributed by atoms with Gasteiger partial charge in [0.2, 0.25) is 0 Å². The van der Waals surface area contributed by atoms with Crippen molar-refractivity contribution in [1.82, 2.24) is 10.3 Å². The van der Waals surface area contributed by atoms with Gasteiger partial charge >= 0.3 is 0 Å². The fourth-order valence-corrected chi connectivity index (χ4v) is 3.67. The maximum absolute atomic E-state index is 12.6. The topological polar surface area (TPSA) is 62.2 Å². The van der Waals surface area contributed by atoms with Gasteiger partial charge in [-0.05, 0) is 59.4 Å². The fourth-order valence-electron chi connectivity index (χ4n) is 3.67. The molecule has 0 fully saturated rings. The van der Waals surface area contributed by atoms with Crippen LogP contribution in [0.3, 0.4) is 0 Å². The first-order chi connectivity index (χ1) is 13.1. The number of hydrogen-bond acceptors (Lipinski definition) is 3. The first-order valence-electron chi connectivity index (χ1n) is 9.21. The number of amides is 1. The molecule has 1 aliphatic rings. The molecule has 0 saturated heterocycles. The molecule has 0 aliphatic heterocycles. The molecule has 0 saturated carbocycles. The predicted octanol–water partition coefficient (Wildman–Crippen LogP) is 3.40. The third-order valence-corrected chi connectivity index (χ3v) is 5.21. The Morgan fingerprint density at radius 1 is 1.00 bits per heavy atom. The Labute approximate surface area is 158 Å². The molecular weight excluding hydrogens is 336 g/mol. The van der Waals surface area contributed by atoms with Gasteiger partial charge < -0.3 is 10.4 Å². The highest BCUT2D eigenvalue weighted by atomic mass is 16.3. The molecule has 1 aromatic heterocycles. The highest BCUT2D eigenvalue weighted by Crippen LogP contribution is 2.28. The summed E-state index contributed by atoms with van der Waals surface area (Å²) in [4.78, 5) is 16.7. The summed E-state index contributed by atoms with van der Waals surface area (Å²) in [6, 6.07) is 19.5. The van der Waals surface area contributed by atoms with Crippen molar-refractivity contribution in [2.24, 2.45) is 0 Å². The van der Waals surface area contributed by atoms with E-state index in [2.05, 4.69) is 22.4 Å². The molecule has 3 aromatic rings. The molecular formula is C23H22N2O2. The van der Waals surface area contributed by atoms with Crippen LogP contribution in [0.25, 0.3) is 11.1 Å². The number of rotatable bonds is 4. The zero-order valence-corrected chi connectivity index (χ0v) is 15.1. The Kier molecular flexibility index (Phi) is 4.73. The molecule has 4 rings (SSSR count). The highest BCUT2D eigenvalue weighted by Gasteiger charge is 2.32. The van der Waals surface area contributed by atoms with Crippen LogP contribution >= 0.6 is 0 Å². The molecule has 1 aliphatic carbocycles. The summed E-state index contributed by atoms with van der Waals surface area (Å²) in [5.74, 6) is -0.168. The second kappa shape index (κ2) is 7.33. The minimum absolute atomic E-state index is 0.168. The molecule has 4 nitrogen and oxygen atoms in total. The van der Waals surface area contributed by atoms with Crippen molar-refractivity contribution >= 4 is 5.91 Å². The number of aromatic nitrogens is 1. The largest absolute Gasteiger partial charge is 0.388 e. The quantitative estimate of drug-likeness (QED) is 0.751. The molecule has 2 N–H and O–H groups in total. The smallest absolute Gasteiger partial charge is 0.251 e. The molecule has 0 spiro atoms. The maximum Gasteiger partial charge on any atom is 0.251 e. The molecule has 136 valence electrons. The van der Waals surface area contributed by atoms with Crippen LogP contribution < -0.4 is 5.32 Å². The van der Waals surface area contributed by atoms with Gasteiger partial charge in [0.1, 0.15) is 0 Å². The van der Waals surface area contributed by atoms with Crippen molar-refractivity contribution in [3.8, 4) is 11.1 Å². The van der Waals surface area contributed by atoms with Gasteiger partial charge in [-0.15, -0.1) is 0 Å². The summed E-state index contributed by atoms with van der Waals surface area (Å²) in [6.45, 7) is 0.250. The molecule has 1 heterocycles. The molecule has 4 heteroatoms. The Balaban J connectivity index is 1.44. The van der Waals surface area contributed by atoms with Crippen molar-refractivity contribution in [2.45, 2.75) is 24.9 Å². The van der Waals surface area contributed by atoms with E-state index in [-0.39, 0.29) is 12.5 Å². The average Bonchev–Trinajstić information content (AvgIpc) is 2.73. The van der Waals surface area contributed by atoms with Gasteiger partial charge in [-0.25, -0.2) is 0 Å². The van der Waals surface area contributed by atoms with Crippen molar-refractivity contribution in [3.63, 3.8) is 0 Å². The van der Waals surface area contributed by atoms with E-state index in [1.807, 2.05) is 42.5 Å². The zero-order valence-electron chi connectivity index (χ0n) is 15.1. The number of nitrogens with one attached hydrogen (secondary N) is 1. The second-order valence-electron chi connectivity index (χ2n) is 7.17. The number of carbonyl (C=O) groups is 1. The number of nitrogens with zero attached hydrogens (tertiary/aromatic N) is 1. The van der Waals surface area contributed by atoms with Gasteiger partial charge in [0, 0.05) is 30.9 Å². The molecule has 0 radical (unpaired) electrons. The number of carbonyl (C=O) groups excluding carboxylic acids is 1. The number of pyridine rings is 1. The van der Waals surface area contributed by atoms with Gasteiger partial charge in [-0.1, -0.05) is 36.4 Å². The van der Waals surface area contributed by atoms with Gasteiger partial charge in [0.25, 0.3) is 5.91 Å². The first-order valence-corrected chi connectivity index (χ1v) is 9.21. The summed E-state index contributed by atoms with van der Waals surface area (Å²) < 4.78 is 0. The Morgan fingerprint density at radius 2 is 1.78 bits per heavy atom. The summed E-state index contributed by atoms with van der Waals surface area (Å²) in [5, 5.41) is 13.8. The standard InChI is InChI=1S/C23H22N2O2/c26-22(20-7-3-6-19(14-20)18-9-12-24-13-10-18)25-16-23(27)11-8-17-4-1-2-5-21(17)15-23/h1-7,9-10,12-14,27H,8,11,15-16H2,(H,25,26). The average molecular weight is 358 g/mol. The molecule has 1 amide bonds. The highest BCUT2D eigenvalue weighted by molar-refractivity contribution is 5.95. The lowest BCUT2D eigenvalue weighted by atomic mass is 9.80. The predicted molar refractivity (Wildman–Crippen MR) is 105 cm³/mol. The van der Waals surface area contributed by atoms with Crippen molar-refractivity contribution in [2.75, 3.05) is 6.54 Å². The first kappa shape index (κ1) is 17.4. The molecule has 1 atom stereocenters. The van der Waals surface area contributed by atoms with E-state index < -0.39 is 5.60 Å². The monoisotopic (exact) mass is 358 g/mol. The summed E-state index contributed by atoms with van der Waals surface area (Å²) in [7, 11) is 0. The lowest BCUT2D eigenvalue weighted by molar-refractivity contribution is 0.0260. The van der Waals surface area contributed by atoms with Crippen molar-refractivity contribution in [3.05, 3.63) is 89.7 Å². The van der Waals surface area contributed by atoms with Crippen LogP contribution in [0.4, 0.5) is 0 Å². The van der Waals surface area contributed by atoms with Crippen LogP contribution in [-0.4, -0.2) is 28.1 Å².